The predicted octanol–water partition coefficient (Wildman–Crippen LogP) is 0.627. The number of carbonyl (C=O) groups excluding carboxylic acids is 2. The maximum Gasteiger partial charge on any atom is 0.345 e. The Morgan fingerprint density at radius 3 is 2.25 bits per heavy atom. The Kier molecular flexibility index (Phi) is 3.89. The SMILES string of the molecule is CCCC(=O)OC(=O)C(C)(C)O. The third kappa shape index (κ3) is 4.08. The molecule has 0 aromatic carbocycles. The molecule has 0 aromatic heterocycles. The van der Waals surface area contributed by atoms with E-state index in [1.165, 1.54) is 13.8 Å². The molecular formula is C8H14O4. The van der Waals surface area contributed by atoms with Crippen LogP contribution in [0.3, 0.4) is 0 Å². The van der Waals surface area contributed by atoms with Crippen LogP contribution in [-0.2, 0) is 14.3 Å². The van der Waals surface area contributed by atoms with Crippen molar-refractivity contribution >= 4 is 11.9 Å². The fraction of sp³-hybridized carbons (Fsp3) is 0.750. The van der Waals surface area contributed by atoms with Crippen LogP contribution < -0.4 is 0 Å². The van der Waals surface area contributed by atoms with E-state index in [-0.39, 0.29) is 6.42 Å². The minimum atomic E-state index is -1.59. The second-order valence-corrected chi connectivity index (χ2v) is 3.07. The summed E-state index contributed by atoms with van der Waals surface area (Å²) in [6.45, 7) is 4.35. The third-order valence-electron chi connectivity index (χ3n) is 1.16. The van der Waals surface area contributed by atoms with E-state index in [0.29, 0.717) is 6.42 Å². The van der Waals surface area contributed by atoms with Gasteiger partial charge < -0.3 is 9.84 Å². The lowest BCUT2D eigenvalue weighted by Gasteiger charge is -2.13. The van der Waals surface area contributed by atoms with Crippen LogP contribution in [0.15, 0.2) is 0 Å². The molecule has 0 aliphatic carbocycles. The molecule has 0 unspecified atom stereocenters. The molecule has 4 heteroatoms. The summed E-state index contributed by atoms with van der Waals surface area (Å²) in [6.07, 6.45) is 0.819. The number of ether oxygens (including phenoxy) is 1. The highest BCUT2D eigenvalue weighted by atomic mass is 16.6. The van der Waals surface area contributed by atoms with Crippen LogP contribution >= 0.6 is 0 Å². The van der Waals surface area contributed by atoms with Crippen LogP contribution in [0.2, 0.25) is 0 Å². The van der Waals surface area contributed by atoms with Gasteiger partial charge in [-0.15, -0.1) is 0 Å². The Bertz CT molecular complexity index is 178. The topological polar surface area (TPSA) is 63.6 Å². The fourth-order valence-electron chi connectivity index (χ4n) is 0.483. The summed E-state index contributed by atoms with van der Waals surface area (Å²) in [6, 6.07) is 0. The van der Waals surface area contributed by atoms with Gasteiger partial charge in [0.25, 0.3) is 0 Å². The molecule has 0 saturated carbocycles. The molecule has 70 valence electrons. The summed E-state index contributed by atoms with van der Waals surface area (Å²) in [7, 11) is 0. The second kappa shape index (κ2) is 4.21. The molecule has 1 N–H and O–H groups in total. The molecule has 0 rings (SSSR count). The molecule has 0 saturated heterocycles. The number of aliphatic hydroxyl groups is 1. The maximum absolute atomic E-state index is 10.9. The molecule has 0 fully saturated rings. The van der Waals surface area contributed by atoms with Crippen molar-refractivity contribution in [2.24, 2.45) is 0 Å². The average molecular weight is 174 g/mol. The maximum atomic E-state index is 10.9. The smallest absolute Gasteiger partial charge is 0.345 e. The zero-order valence-corrected chi connectivity index (χ0v) is 7.59. The zero-order chi connectivity index (χ0) is 9.78. The first-order valence-corrected chi connectivity index (χ1v) is 3.85. The van der Waals surface area contributed by atoms with E-state index in [2.05, 4.69) is 4.74 Å². The minimum absolute atomic E-state index is 0.196. The van der Waals surface area contributed by atoms with Gasteiger partial charge in [0.05, 0.1) is 0 Å². The molecule has 0 aliphatic heterocycles. The van der Waals surface area contributed by atoms with E-state index >= 15 is 0 Å². The standard InChI is InChI=1S/C8H14O4/c1-4-5-6(9)12-7(10)8(2,3)11/h11H,4-5H2,1-3H3. The van der Waals surface area contributed by atoms with Crippen molar-refractivity contribution in [1.82, 2.24) is 0 Å². The van der Waals surface area contributed by atoms with Gasteiger partial charge in [0.15, 0.2) is 5.60 Å². The molecule has 0 aliphatic rings. The number of carbonyl (C=O) groups is 2. The quantitative estimate of drug-likeness (QED) is 0.503. The van der Waals surface area contributed by atoms with Gasteiger partial charge in [-0.05, 0) is 20.3 Å². The van der Waals surface area contributed by atoms with Crippen molar-refractivity contribution in [2.75, 3.05) is 0 Å². The van der Waals surface area contributed by atoms with Crippen molar-refractivity contribution in [3.63, 3.8) is 0 Å². The van der Waals surface area contributed by atoms with Gasteiger partial charge in [-0.2, -0.15) is 0 Å². The Morgan fingerprint density at radius 2 is 1.92 bits per heavy atom. The van der Waals surface area contributed by atoms with Crippen LogP contribution in [0.1, 0.15) is 33.6 Å². The lowest BCUT2D eigenvalue weighted by atomic mass is 10.1. The molecule has 12 heavy (non-hydrogen) atoms. The summed E-state index contributed by atoms with van der Waals surface area (Å²) in [5.74, 6) is -1.49. The number of hydrogen-bond acceptors (Lipinski definition) is 4. The molecule has 0 atom stereocenters. The normalized spacial score (nSPS) is 11.0. The van der Waals surface area contributed by atoms with E-state index in [1.807, 2.05) is 0 Å². The lowest BCUT2D eigenvalue weighted by molar-refractivity contribution is -0.171. The summed E-state index contributed by atoms with van der Waals surface area (Å²) in [5, 5.41) is 9.08. The highest BCUT2D eigenvalue weighted by molar-refractivity contribution is 5.89. The highest BCUT2D eigenvalue weighted by Crippen LogP contribution is 2.05. The Labute approximate surface area is 71.5 Å². The monoisotopic (exact) mass is 174 g/mol. The van der Waals surface area contributed by atoms with Crippen LogP contribution in [0.25, 0.3) is 0 Å². The van der Waals surface area contributed by atoms with Crippen LogP contribution in [-0.4, -0.2) is 22.6 Å². The van der Waals surface area contributed by atoms with Gasteiger partial charge in [-0.25, -0.2) is 4.79 Å². The molecule has 0 aromatic rings. The van der Waals surface area contributed by atoms with E-state index in [9.17, 15) is 9.59 Å². The molecule has 4 nitrogen and oxygen atoms in total. The van der Waals surface area contributed by atoms with Gasteiger partial charge >= 0.3 is 11.9 Å². The summed E-state index contributed by atoms with van der Waals surface area (Å²) >= 11 is 0. The summed E-state index contributed by atoms with van der Waals surface area (Å²) in [4.78, 5) is 21.6. The van der Waals surface area contributed by atoms with Crippen LogP contribution in [0.4, 0.5) is 0 Å². The lowest BCUT2D eigenvalue weighted by Crippen LogP contribution is -2.34. The van der Waals surface area contributed by atoms with Gasteiger partial charge in [-0.1, -0.05) is 6.92 Å². The molecule has 0 heterocycles. The Morgan fingerprint density at radius 1 is 1.42 bits per heavy atom. The predicted molar refractivity (Wildman–Crippen MR) is 42.3 cm³/mol. The van der Waals surface area contributed by atoms with E-state index in [1.54, 1.807) is 6.92 Å². The van der Waals surface area contributed by atoms with Crippen molar-refractivity contribution in [2.45, 2.75) is 39.2 Å². The van der Waals surface area contributed by atoms with Crippen molar-refractivity contribution < 1.29 is 19.4 Å². The van der Waals surface area contributed by atoms with Crippen molar-refractivity contribution in [1.29, 1.82) is 0 Å². The fourth-order valence-corrected chi connectivity index (χ4v) is 0.483. The number of esters is 2. The van der Waals surface area contributed by atoms with E-state index < -0.39 is 17.5 Å². The number of hydrogen-bond donors (Lipinski definition) is 1. The molecule has 0 amide bonds. The summed E-state index contributed by atoms with van der Waals surface area (Å²) < 4.78 is 4.33. The first-order valence-electron chi connectivity index (χ1n) is 3.85. The van der Waals surface area contributed by atoms with Gasteiger partial charge in [0.2, 0.25) is 0 Å². The Hall–Kier alpha value is -0.900. The minimum Gasteiger partial charge on any atom is -0.391 e. The number of rotatable bonds is 3. The van der Waals surface area contributed by atoms with Gasteiger partial charge in [0, 0.05) is 6.42 Å². The van der Waals surface area contributed by atoms with Crippen molar-refractivity contribution in [3.05, 3.63) is 0 Å². The van der Waals surface area contributed by atoms with Crippen molar-refractivity contribution in [3.8, 4) is 0 Å². The zero-order valence-electron chi connectivity index (χ0n) is 7.59. The van der Waals surface area contributed by atoms with E-state index in [0.717, 1.165) is 0 Å². The summed E-state index contributed by atoms with van der Waals surface area (Å²) in [5.41, 5.74) is -1.59. The Balaban J connectivity index is 3.94. The van der Waals surface area contributed by atoms with Crippen LogP contribution in [0, 0.1) is 0 Å². The third-order valence-corrected chi connectivity index (χ3v) is 1.16. The first-order chi connectivity index (χ1) is 5.38. The van der Waals surface area contributed by atoms with Gasteiger partial charge in [-0.3, -0.25) is 4.79 Å². The molecule has 0 spiro atoms. The molecule has 0 bridgehead atoms. The molecule has 0 radical (unpaired) electrons. The van der Waals surface area contributed by atoms with E-state index in [4.69, 9.17) is 5.11 Å². The van der Waals surface area contributed by atoms with Crippen LogP contribution in [0.5, 0.6) is 0 Å². The van der Waals surface area contributed by atoms with Gasteiger partial charge in [0.1, 0.15) is 0 Å². The molecular weight excluding hydrogens is 160 g/mol. The highest BCUT2D eigenvalue weighted by Gasteiger charge is 2.27. The second-order valence-electron chi connectivity index (χ2n) is 3.07. The largest absolute Gasteiger partial charge is 0.391 e. The first kappa shape index (κ1) is 11.1. The average Bonchev–Trinajstić information content (AvgIpc) is 1.85.